The number of aromatic amines is 1. The van der Waals surface area contributed by atoms with Crippen molar-refractivity contribution in [2.75, 3.05) is 11.9 Å². The van der Waals surface area contributed by atoms with E-state index >= 15 is 0 Å². The number of pyridine rings is 1. The fourth-order valence-corrected chi connectivity index (χ4v) is 5.60. The van der Waals surface area contributed by atoms with Gasteiger partial charge in [0, 0.05) is 19.2 Å². The second-order valence-electron chi connectivity index (χ2n) is 11.4. The number of nitrogens with one attached hydrogen (secondary N) is 2. The molecule has 3 aromatic rings. The van der Waals surface area contributed by atoms with E-state index in [0.717, 1.165) is 49.8 Å². The summed E-state index contributed by atoms with van der Waals surface area (Å²) >= 11 is 0. The summed E-state index contributed by atoms with van der Waals surface area (Å²) in [5.74, 6) is 1.76. The lowest BCUT2D eigenvalue weighted by Gasteiger charge is -2.27. The number of hydrogen-bond acceptors (Lipinski definition) is 6. The molecule has 0 aromatic carbocycles. The number of anilines is 1. The molecule has 0 bridgehead atoms. The zero-order chi connectivity index (χ0) is 26.1. The molecule has 0 amide bonds. The average Bonchev–Trinajstić information content (AvgIpc) is 3.20. The van der Waals surface area contributed by atoms with Gasteiger partial charge in [-0.15, -0.1) is 0 Å². The minimum Gasteiger partial charge on any atom is -0.475 e. The van der Waals surface area contributed by atoms with Gasteiger partial charge in [-0.3, -0.25) is 4.79 Å². The Hall–Kier alpha value is -3.23. The van der Waals surface area contributed by atoms with E-state index in [1.54, 1.807) is 6.07 Å². The van der Waals surface area contributed by atoms with Crippen LogP contribution in [0.1, 0.15) is 94.2 Å². The van der Waals surface area contributed by atoms with Crippen LogP contribution in [0.5, 0.6) is 0 Å². The number of fused-ring (bicyclic) bond motifs is 1. The molecule has 5 rings (SSSR count). The maximum absolute atomic E-state index is 12.6. The number of imidazole rings is 1. The minimum atomic E-state index is -1.18. The summed E-state index contributed by atoms with van der Waals surface area (Å²) in [7, 11) is 0. The predicted octanol–water partition coefficient (Wildman–Crippen LogP) is 5.43. The van der Waals surface area contributed by atoms with Crippen LogP contribution in [0.3, 0.4) is 0 Å². The molecule has 2 aliphatic rings. The monoisotopic (exact) mass is 506 g/mol. The van der Waals surface area contributed by atoms with Crippen molar-refractivity contribution in [1.82, 2.24) is 24.5 Å². The van der Waals surface area contributed by atoms with Crippen LogP contribution in [0.4, 0.5) is 5.82 Å². The smallest absolute Gasteiger partial charge is 0.374 e. The summed E-state index contributed by atoms with van der Waals surface area (Å²) in [6.45, 7) is 7.86. The van der Waals surface area contributed by atoms with Crippen molar-refractivity contribution >= 4 is 23.0 Å². The molecule has 0 spiro atoms. The molecule has 0 atom stereocenters. The van der Waals surface area contributed by atoms with Crippen LogP contribution in [0.25, 0.3) is 22.7 Å². The number of nitrogens with zero attached hydrogens (tertiary/aromatic N) is 4. The Balaban J connectivity index is 1.63. The molecule has 0 aliphatic heterocycles. The fraction of sp³-hybridized carbons (Fsp3) is 0.607. The molecule has 3 heterocycles. The molecule has 37 heavy (non-hydrogen) atoms. The molecule has 0 radical (unpaired) electrons. The number of carboxylic acid groups (broad SMARTS) is 1. The number of carbonyl (C=O) groups is 1. The van der Waals surface area contributed by atoms with Gasteiger partial charge in [-0.2, -0.15) is 0 Å². The van der Waals surface area contributed by atoms with Crippen molar-refractivity contribution in [3.8, 4) is 11.5 Å². The highest BCUT2D eigenvalue weighted by Crippen LogP contribution is 2.34. The van der Waals surface area contributed by atoms with Gasteiger partial charge >= 0.3 is 5.97 Å². The first-order valence-corrected chi connectivity index (χ1v) is 13.8. The summed E-state index contributed by atoms with van der Waals surface area (Å²) in [4.78, 5) is 41.0. The molecule has 0 saturated heterocycles. The lowest BCUT2D eigenvalue weighted by Crippen LogP contribution is -2.20. The van der Waals surface area contributed by atoms with Crippen LogP contribution >= 0.6 is 0 Å². The lowest BCUT2D eigenvalue weighted by molar-refractivity contribution is 0.0684. The number of aromatic carboxylic acids is 1. The maximum atomic E-state index is 12.6. The Kier molecular flexibility index (Phi) is 7.31. The van der Waals surface area contributed by atoms with Crippen molar-refractivity contribution in [3.63, 3.8) is 0 Å². The second kappa shape index (κ2) is 10.6. The Morgan fingerprint density at radius 2 is 1.86 bits per heavy atom. The van der Waals surface area contributed by atoms with Gasteiger partial charge in [0.25, 0.3) is 0 Å². The number of hydrogen-bond donors (Lipinski definition) is 3. The third kappa shape index (κ3) is 5.55. The Morgan fingerprint density at radius 1 is 1.11 bits per heavy atom. The van der Waals surface area contributed by atoms with Crippen LogP contribution in [-0.4, -0.2) is 42.1 Å². The van der Waals surface area contributed by atoms with Gasteiger partial charge in [-0.25, -0.2) is 19.7 Å². The van der Waals surface area contributed by atoms with Crippen LogP contribution < -0.4 is 10.9 Å². The largest absolute Gasteiger partial charge is 0.475 e. The predicted molar refractivity (Wildman–Crippen MR) is 144 cm³/mol. The molecular weight excluding hydrogens is 468 g/mol. The van der Waals surface area contributed by atoms with Gasteiger partial charge in [0.2, 0.25) is 11.4 Å². The highest BCUT2D eigenvalue weighted by atomic mass is 16.4. The molecule has 9 heteroatoms. The third-order valence-corrected chi connectivity index (χ3v) is 8.21. The van der Waals surface area contributed by atoms with E-state index in [1.807, 2.05) is 6.07 Å². The van der Waals surface area contributed by atoms with Gasteiger partial charge in [0.05, 0.1) is 5.69 Å². The fourth-order valence-electron chi connectivity index (χ4n) is 5.60. The zero-order valence-corrected chi connectivity index (χ0v) is 22.1. The van der Waals surface area contributed by atoms with Gasteiger partial charge < -0.3 is 20.0 Å². The van der Waals surface area contributed by atoms with Crippen molar-refractivity contribution in [2.45, 2.75) is 84.6 Å². The van der Waals surface area contributed by atoms with E-state index in [2.05, 4.69) is 45.6 Å². The normalized spacial score (nSPS) is 20.3. The van der Waals surface area contributed by atoms with Crippen LogP contribution in [0, 0.1) is 17.8 Å². The highest BCUT2D eigenvalue weighted by molar-refractivity contribution is 5.92. The topological polar surface area (TPSA) is 126 Å². The van der Waals surface area contributed by atoms with Crippen molar-refractivity contribution < 1.29 is 9.90 Å². The standard InChI is InChI=1S/C28H38N6O3/c1-16(2)20-13-21(30-22(35)14-20)27-33-25-23(34(27)15-19-9-7-17(3)8-10-19)24(31-26(32-25)28(36)37)29-12-11-18-5-4-6-18/h13-14,16-19H,4-12,15H2,1-3H3,(H,30,35)(H,36,37)(H,29,31,32). The van der Waals surface area contributed by atoms with Crippen LogP contribution in [0.15, 0.2) is 16.9 Å². The van der Waals surface area contributed by atoms with E-state index < -0.39 is 5.97 Å². The maximum Gasteiger partial charge on any atom is 0.374 e. The molecule has 9 nitrogen and oxygen atoms in total. The van der Waals surface area contributed by atoms with E-state index in [0.29, 0.717) is 34.4 Å². The Labute approximate surface area is 217 Å². The lowest BCUT2D eigenvalue weighted by atomic mass is 9.83. The number of aromatic nitrogens is 5. The molecular formula is C28H38N6O3. The minimum absolute atomic E-state index is 0.178. The molecule has 198 valence electrons. The first-order chi connectivity index (χ1) is 17.8. The zero-order valence-electron chi connectivity index (χ0n) is 22.1. The first-order valence-electron chi connectivity index (χ1n) is 13.8. The number of H-pyrrole nitrogens is 1. The van der Waals surface area contributed by atoms with Crippen molar-refractivity contribution in [3.05, 3.63) is 33.9 Å². The molecule has 3 aromatic heterocycles. The summed E-state index contributed by atoms with van der Waals surface area (Å²) in [6.07, 6.45) is 9.46. The summed E-state index contributed by atoms with van der Waals surface area (Å²) in [5, 5.41) is 13.1. The van der Waals surface area contributed by atoms with Gasteiger partial charge in [0.15, 0.2) is 17.3 Å². The molecule has 0 unspecified atom stereocenters. The third-order valence-electron chi connectivity index (χ3n) is 8.21. The Bertz CT molecular complexity index is 1330. The van der Waals surface area contributed by atoms with Gasteiger partial charge in [-0.05, 0) is 54.6 Å². The van der Waals surface area contributed by atoms with E-state index in [1.165, 1.54) is 32.1 Å². The van der Waals surface area contributed by atoms with E-state index in [-0.39, 0.29) is 17.3 Å². The number of carboxylic acids is 1. The molecule has 2 fully saturated rings. The first kappa shape index (κ1) is 25.4. The average molecular weight is 507 g/mol. The Morgan fingerprint density at radius 3 is 2.51 bits per heavy atom. The summed E-state index contributed by atoms with van der Waals surface area (Å²) in [5.41, 5.74) is 2.43. The van der Waals surface area contributed by atoms with Crippen molar-refractivity contribution in [2.24, 2.45) is 17.8 Å². The highest BCUT2D eigenvalue weighted by Gasteiger charge is 2.26. The molecule has 3 N–H and O–H groups in total. The second-order valence-corrected chi connectivity index (χ2v) is 11.4. The van der Waals surface area contributed by atoms with Crippen molar-refractivity contribution in [1.29, 1.82) is 0 Å². The summed E-state index contributed by atoms with van der Waals surface area (Å²) in [6, 6.07) is 3.60. The quantitative estimate of drug-likeness (QED) is 0.353. The van der Waals surface area contributed by atoms with Crippen LogP contribution in [-0.2, 0) is 6.54 Å². The molecule has 2 saturated carbocycles. The molecule has 2 aliphatic carbocycles. The number of rotatable bonds is 9. The summed E-state index contributed by atoms with van der Waals surface area (Å²) < 4.78 is 2.11. The van der Waals surface area contributed by atoms with Gasteiger partial charge in [-0.1, -0.05) is 52.9 Å². The SMILES string of the molecule is CC1CCC(Cn2c(-c3cc(C(C)C)cc(=O)[nH]3)nc3nc(C(=O)O)nc(NCCC4CCC4)c32)CC1. The van der Waals surface area contributed by atoms with E-state index in [9.17, 15) is 14.7 Å². The van der Waals surface area contributed by atoms with Crippen LogP contribution in [0.2, 0.25) is 0 Å². The van der Waals surface area contributed by atoms with Gasteiger partial charge in [0.1, 0.15) is 5.52 Å². The van der Waals surface area contributed by atoms with E-state index in [4.69, 9.17) is 4.98 Å².